The second-order valence-corrected chi connectivity index (χ2v) is 6.10. The van der Waals surface area contributed by atoms with Crippen LogP contribution in [0.15, 0.2) is 29.6 Å². The fourth-order valence-corrected chi connectivity index (χ4v) is 3.41. The Morgan fingerprint density at radius 2 is 2.00 bits per heavy atom. The van der Waals surface area contributed by atoms with E-state index in [1.807, 2.05) is 11.3 Å². The van der Waals surface area contributed by atoms with Crippen molar-refractivity contribution in [3.63, 3.8) is 0 Å². The molecule has 1 unspecified atom stereocenters. The third-order valence-electron chi connectivity index (χ3n) is 3.21. The average molecular weight is 247 g/mol. The Labute approximate surface area is 108 Å². The molecule has 0 radical (unpaired) electrons. The van der Waals surface area contributed by atoms with E-state index in [0.717, 1.165) is 18.9 Å². The van der Waals surface area contributed by atoms with E-state index in [9.17, 15) is 0 Å². The van der Waals surface area contributed by atoms with Crippen LogP contribution < -0.4 is 5.73 Å². The van der Waals surface area contributed by atoms with E-state index < -0.39 is 0 Å². The molecule has 0 saturated heterocycles. The average Bonchev–Trinajstić information content (AvgIpc) is 2.71. The van der Waals surface area contributed by atoms with Gasteiger partial charge >= 0.3 is 0 Å². The van der Waals surface area contributed by atoms with Gasteiger partial charge in [0, 0.05) is 4.70 Å². The predicted molar refractivity (Wildman–Crippen MR) is 77.5 cm³/mol. The molecule has 92 valence electrons. The lowest BCUT2D eigenvalue weighted by atomic mass is 9.91. The summed E-state index contributed by atoms with van der Waals surface area (Å²) in [7, 11) is 0. The second kappa shape index (κ2) is 5.65. The standard InChI is InChI=1S/C15H21NS/c1-11(2)7-12(9-16)8-13-10-17-15-6-4-3-5-14(13)15/h3-6,10-12H,7-9,16H2,1-2H3. The second-order valence-electron chi connectivity index (χ2n) is 5.19. The van der Waals surface area contributed by atoms with Crippen LogP contribution in [0, 0.1) is 11.8 Å². The number of thiophene rings is 1. The van der Waals surface area contributed by atoms with Crippen molar-refractivity contribution in [1.29, 1.82) is 0 Å². The maximum atomic E-state index is 5.89. The fraction of sp³-hybridized carbons (Fsp3) is 0.467. The predicted octanol–water partition coefficient (Wildman–Crippen LogP) is 4.06. The van der Waals surface area contributed by atoms with Crippen molar-refractivity contribution in [2.24, 2.45) is 17.6 Å². The minimum absolute atomic E-state index is 0.619. The molecule has 1 heterocycles. The van der Waals surface area contributed by atoms with E-state index in [1.54, 1.807) is 0 Å². The van der Waals surface area contributed by atoms with Crippen LogP contribution in [0.25, 0.3) is 10.1 Å². The smallest absolute Gasteiger partial charge is 0.0345 e. The summed E-state index contributed by atoms with van der Waals surface area (Å²) in [5, 5.41) is 3.72. The Hall–Kier alpha value is -0.860. The molecule has 0 spiro atoms. The quantitative estimate of drug-likeness (QED) is 0.847. The van der Waals surface area contributed by atoms with Crippen LogP contribution in [0.5, 0.6) is 0 Å². The van der Waals surface area contributed by atoms with Gasteiger partial charge < -0.3 is 5.73 Å². The Balaban J connectivity index is 2.16. The van der Waals surface area contributed by atoms with Gasteiger partial charge in [-0.25, -0.2) is 0 Å². The van der Waals surface area contributed by atoms with Crippen LogP contribution in [-0.2, 0) is 6.42 Å². The van der Waals surface area contributed by atoms with Crippen molar-refractivity contribution in [3.8, 4) is 0 Å². The van der Waals surface area contributed by atoms with Crippen molar-refractivity contribution in [2.75, 3.05) is 6.54 Å². The molecule has 0 bridgehead atoms. The molecule has 1 aromatic heterocycles. The fourth-order valence-electron chi connectivity index (χ4n) is 2.43. The van der Waals surface area contributed by atoms with Crippen LogP contribution in [0.4, 0.5) is 0 Å². The van der Waals surface area contributed by atoms with Crippen molar-refractivity contribution in [3.05, 3.63) is 35.2 Å². The minimum Gasteiger partial charge on any atom is -0.330 e. The maximum absolute atomic E-state index is 5.89. The summed E-state index contributed by atoms with van der Waals surface area (Å²) >= 11 is 1.84. The van der Waals surface area contributed by atoms with Gasteiger partial charge in [-0.1, -0.05) is 32.0 Å². The Morgan fingerprint density at radius 3 is 2.71 bits per heavy atom. The number of hydrogen-bond acceptors (Lipinski definition) is 2. The van der Waals surface area contributed by atoms with Crippen LogP contribution in [0.1, 0.15) is 25.8 Å². The summed E-state index contributed by atoms with van der Waals surface area (Å²) < 4.78 is 1.39. The number of fused-ring (bicyclic) bond motifs is 1. The van der Waals surface area contributed by atoms with Gasteiger partial charge in [-0.15, -0.1) is 11.3 Å². The lowest BCUT2D eigenvalue weighted by Gasteiger charge is -2.16. The number of hydrogen-bond donors (Lipinski definition) is 1. The van der Waals surface area contributed by atoms with E-state index in [0.29, 0.717) is 5.92 Å². The van der Waals surface area contributed by atoms with E-state index in [4.69, 9.17) is 5.73 Å². The number of nitrogens with two attached hydrogens (primary N) is 1. The van der Waals surface area contributed by atoms with Crippen LogP contribution in [0.3, 0.4) is 0 Å². The molecule has 0 aliphatic heterocycles. The molecule has 1 atom stereocenters. The van der Waals surface area contributed by atoms with Crippen molar-refractivity contribution in [1.82, 2.24) is 0 Å². The molecule has 1 aromatic carbocycles. The summed E-state index contributed by atoms with van der Waals surface area (Å²) in [6, 6.07) is 8.66. The van der Waals surface area contributed by atoms with Crippen molar-refractivity contribution >= 4 is 21.4 Å². The third-order valence-corrected chi connectivity index (χ3v) is 4.22. The molecule has 2 aromatic rings. The molecule has 17 heavy (non-hydrogen) atoms. The first-order valence-corrected chi connectivity index (χ1v) is 7.24. The zero-order chi connectivity index (χ0) is 12.3. The highest BCUT2D eigenvalue weighted by Crippen LogP contribution is 2.28. The highest BCUT2D eigenvalue weighted by atomic mass is 32.1. The summed E-state index contributed by atoms with van der Waals surface area (Å²) in [6.07, 6.45) is 2.35. The molecule has 0 amide bonds. The molecule has 0 saturated carbocycles. The van der Waals surface area contributed by atoms with Gasteiger partial charge in [0.1, 0.15) is 0 Å². The van der Waals surface area contributed by atoms with Gasteiger partial charge in [0.25, 0.3) is 0 Å². The van der Waals surface area contributed by atoms with Gasteiger partial charge in [-0.3, -0.25) is 0 Å². The number of benzene rings is 1. The number of rotatable bonds is 5. The monoisotopic (exact) mass is 247 g/mol. The normalized spacial score (nSPS) is 13.4. The molecular weight excluding hydrogens is 226 g/mol. The lowest BCUT2D eigenvalue weighted by molar-refractivity contribution is 0.416. The molecule has 0 aliphatic carbocycles. The maximum Gasteiger partial charge on any atom is 0.0345 e. The summed E-state index contributed by atoms with van der Waals surface area (Å²) in [5.41, 5.74) is 7.36. The van der Waals surface area contributed by atoms with Crippen LogP contribution in [-0.4, -0.2) is 6.54 Å². The van der Waals surface area contributed by atoms with Gasteiger partial charge in [0.2, 0.25) is 0 Å². The Kier molecular flexibility index (Phi) is 4.19. The molecule has 2 heteroatoms. The molecular formula is C15H21NS. The van der Waals surface area contributed by atoms with E-state index in [-0.39, 0.29) is 0 Å². The molecule has 0 aliphatic rings. The molecule has 2 N–H and O–H groups in total. The summed E-state index contributed by atoms with van der Waals surface area (Å²) in [6.45, 7) is 5.34. The van der Waals surface area contributed by atoms with Crippen LogP contribution in [0.2, 0.25) is 0 Å². The summed E-state index contributed by atoms with van der Waals surface area (Å²) in [5.74, 6) is 1.35. The first-order valence-electron chi connectivity index (χ1n) is 6.36. The van der Waals surface area contributed by atoms with E-state index >= 15 is 0 Å². The molecule has 2 rings (SSSR count). The molecule has 1 nitrogen and oxygen atoms in total. The van der Waals surface area contributed by atoms with E-state index in [2.05, 4.69) is 43.5 Å². The van der Waals surface area contributed by atoms with Crippen molar-refractivity contribution < 1.29 is 0 Å². The lowest BCUT2D eigenvalue weighted by Crippen LogP contribution is -2.18. The summed E-state index contributed by atoms with van der Waals surface area (Å²) in [4.78, 5) is 0. The van der Waals surface area contributed by atoms with Gasteiger partial charge in [-0.05, 0) is 53.6 Å². The first-order chi connectivity index (χ1) is 8.20. The topological polar surface area (TPSA) is 26.0 Å². The van der Waals surface area contributed by atoms with Crippen molar-refractivity contribution in [2.45, 2.75) is 26.7 Å². The van der Waals surface area contributed by atoms with Gasteiger partial charge in [-0.2, -0.15) is 0 Å². The van der Waals surface area contributed by atoms with Gasteiger partial charge in [0.05, 0.1) is 0 Å². The highest BCUT2D eigenvalue weighted by molar-refractivity contribution is 7.17. The van der Waals surface area contributed by atoms with Gasteiger partial charge in [0.15, 0.2) is 0 Å². The van der Waals surface area contributed by atoms with E-state index in [1.165, 1.54) is 22.1 Å². The Morgan fingerprint density at radius 1 is 1.24 bits per heavy atom. The van der Waals surface area contributed by atoms with Crippen LogP contribution >= 0.6 is 11.3 Å². The first kappa shape index (κ1) is 12.6. The minimum atomic E-state index is 0.619. The Bertz CT molecular complexity index is 472. The highest BCUT2D eigenvalue weighted by Gasteiger charge is 2.12. The zero-order valence-corrected chi connectivity index (χ0v) is 11.5. The third kappa shape index (κ3) is 3.08. The zero-order valence-electron chi connectivity index (χ0n) is 10.6. The molecule has 0 fully saturated rings. The largest absolute Gasteiger partial charge is 0.330 e. The SMILES string of the molecule is CC(C)CC(CN)Cc1csc2ccccc12.